The summed E-state index contributed by atoms with van der Waals surface area (Å²) in [6, 6.07) is 38.6. The molecule has 4 atom stereocenters. The first-order chi connectivity index (χ1) is 23.7. The molecule has 0 amide bonds. The number of carboxylic acids is 1. The van der Waals surface area contributed by atoms with Crippen molar-refractivity contribution < 1.29 is 32.9 Å². The first-order valence-electron chi connectivity index (χ1n) is 15.9. The summed E-state index contributed by atoms with van der Waals surface area (Å²) in [4.78, 5) is 12.7. The van der Waals surface area contributed by atoms with Gasteiger partial charge in [0, 0.05) is 28.7 Å². The number of carboxylic acid groups (broad SMARTS) is 1. The van der Waals surface area contributed by atoms with Gasteiger partial charge in [-0.15, -0.1) is 11.8 Å². The summed E-state index contributed by atoms with van der Waals surface area (Å²) < 4.78 is 41.5. The quantitative estimate of drug-likeness (QED) is 0.114. The van der Waals surface area contributed by atoms with Gasteiger partial charge in [-0.25, -0.2) is 17.9 Å². The molecule has 8 nitrogen and oxygen atoms in total. The molecule has 5 aromatic carbocycles. The van der Waals surface area contributed by atoms with Gasteiger partial charge in [0.25, 0.3) is 0 Å². The molecule has 1 saturated heterocycles. The van der Waals surface area contributed by atoms with E-state index in [0.29, 0.717) is 10.6 Å². The average molecular weight is 696 g/mol. The summed E-state index contributed by atoms with van der Waals surface area (Å²) in [5.41, 5.74) is 5.48. The largest absolute Gasteiger partial charge is 0.478 e. The molecule has 0 saturated carbocycles. The van der Waals surface area contributed by atoms with Gasteiger partial charge >= 0.3 is 5.97 Å². The highest BCUT2D eigenvalue weighted by Gasteiger charge is 2.38. The molecule has 1 fully saturated rings. The number of aromatic carboxylic acids is 1. The third kappa shape index (κ3) is 8.30. The van der Waals surface area contributed by atoms with E-state index < -0.39 is 22.3 Å². The second kappa shape index (κ2) is 15.5. The van der Waals surface area contributed by atoms with Crippen LogP contribution in [0.25, 0.3) is 11.1 Å². The summed E-state index contributed by atoms with van der Waals surface area (Å²) in [6.45, 7) is 2.16. The van der Waals surface area contributed by atoms with E-state index in [1.165, 1.54) is 11.8 Å². The zero-order valence-electron chi connectivity index (χ0n) is 26.8. The molecule has 0 bridgehead atoms. The number of thioether (sulfide) groups is 1. The number of hydrogen-bond donors (Lipinski definition) is 3. The first kappa shape index (κ1) is 34.6. The van der Waals surface area contributed by atoms with E-state index in [-0.39, 0.29) is 41.7 Å². The molecule has 5 aromatic rings. The summed E-state index contributed by atoms with van der Waals surface area (Å²) in [6.07, 6.45) is -1.31. The SMILES string of the molecule is C[C@@H]1[C@H](CSc2ccccc2C(=O)O)O[C@H](c2cccc(-c3cccc(CNS(=O)(=O)c4ccccc4)c3)c2)O[C@@H]1c1ccc(CO)cc1. The van der Waals surface area contributed by atoms with Gasteiger partial charge in [0.2, 0.25) is 10.0 Å². The Kier molecular flexibility index (Phi) is 10.9. The number of carbonyl (C=O) groups is 1. The minimum absolute atomic E-state index is 0.0533. The van der Waals surface area contributed by atoms with Crippen LogP contribution in [0.2, 0.25) is 0 Å². The van der Waals surface area contributed by atoms with Crippen LogP contribution in [-0.4, -0.2) is 36.5 Å². The smallest absolute Gasteiger partial charge is 0.336 e. The third-order valence-corrected chi connectivity index (χ3v) is 11.2. The molecule has 0 spiro atoms. The highest BCUT2D eigenvalue weighted by Crippen LogP contribution is 2.43. The van der Waals surface area contributed by atoms with E-state index in [0.717, 1.165) is 33.4 Å². The monoisotopic (exact) mass is 695 g/mol. The Morgan fingerprint density at radius 3 is 2.20 bits per heavy atom. The van der Waals surface area contributed by atoms with Gasteiger partial charge in [-0.2, -0.15) is 0 Å². The molecular weight excluding hydrogens is 659 g/mol. The van der Waals surface area contributed by atoms with Gasteiger partial charge in [0.1, 0.15) is 0 Å². The van der Waals surface area contributed by atoms with Gasteiger partial charge in [-0.3, -0.25) is 0 Å². The van der Waals surface area contributed by atoms with Gasteiger partial charge in [-0.05, 0) is 64.2 Å². The fourth-order valence-corrected chi connectivity index (χ4v) is 8.09. The van der Waals surface area contributed by atoms with Crippen molar-refractivity contribution in [3.63, 3.8) is 0 Å². The second-order valence-electron chi connectivity index (χ2n) is 11.9. The lowest BCUT2D eigenvalue weighted by atomic mass is 9.91. The van der Waals surface area contributed by atoms with Crippen LogP contribution in [0.15, 0.2) is 137 Å². The van der Waals surface area contributed by atoms with Crippen molar-refractivity contribution in [1.82, 2.24) is 4.72 Å². The van der Waals surface area contributed by atoms with E-state index in [2.05, 4.69) is 11.6 Å². The fraction of sp³-hybridized carbons (Fsp3) is 0.205. The molecule has 0 aliphatic carbocycles. The predicted molar refractivity (Wildman–Crippen MR) is 189 cm³/mol. The topological polar surface area (TPSA) is 122 Å². The maximum absolute atomic E-state index is 12.8. The van der Waals surface area contributed by atoms with Crippen molar-refractivity contribution in [2.24, 2.45) is 5.92 Å². The zero-order valence-corrected chi connectivity index (χ0v) is 28.4. The summed E-state index contributed by atoms with van der Waals surface area (Å²) in [5, 5.41) is 19.3. The van der Waals surface area contributed by atoms with Crippen LogP contribution in [0.4, 0.5) is 0 Å². The number of sulfonamides is 1. The number of rotatable bonds is 12. The van der Waals surface area contributed by atoms with E-state index >= 15 is 0 Å². The van der Waals surface area contributed by atoms with Crippen molar-refractivity contribution >= 4 is 27.8 Å². The third-order valence-electron chi connectivity index (χ3n) is 8.58. The number of ether oxygens (including phenoxy) is 2. The molecular formula is C39H37NO7S2. The summed E-state index contributed by atoms with van der Waals surface area (Å²) in [7, 11) is -3.65. The first-order valence-corrected chi connectivity index (χ1v) is 18.4. The Morgan fingerprint density at radius 2 is 1.47 bits per heavy atom. The standard InChI is InChI=1S/C39H37NO7S2/c1-26-35(25-48-36-16-6-5-15-34(36)38(42)43)46-39(47-37(26)29-19-17-27(24-41)18-20-29)32-12-8-11-31(22-32)30-10-7-9-28(21-30)23-40-49(44,45)33-13-3-2-4-14-33/h2-22,26,35,37,39-41H,23-25H2,1H3,(H,42,43)/t26-,35+,37+,39+/m1/s1. The van der Waals surface area contributed by atoms with E-state index in [1.807, 2.05) is 84.9 Å². The van der Waals surface area contributed by atoms with Crippen LogP contribution >= 0.6 is 11.8 Å². The molecule has 1 aliphatic rings. The average Bonchev–Trinajstić information content (AvgIpc) is 3.14. The molecule has 1 heterocycles. The molecule has 0 aromatic heterocycles. The minimum Gasteiger partial charge on any atom is -0.478 e. The van der Waals surface area contributed by atoms with Crippen molar-refractivity contribution in [2.45, 2.75) is 48.4 Å². The van der Waals surface area contributed by atoms with Crippen molar-refractivity contribution in [1.29, 1.82) is 0 Å². The fourth-order valence-electron chi connectivity index (χ4n) is 5.84. The van der Waals surface area contributed by atoms with Crippen LogP contribution in [0, 0.1) is 5.92 Å². The Morgan fingerprint density at radius 1 is 0.776 bits per heavy atom. The molecule has 0 unspecified atom stereocenters. The van der Waals surface area contributed by atoms with E-state index in [9.17, 15) is 23.4 Å². The van der Waals surface area contributed by atoms with Crippen molar-refractivity contribution in [2.75, 3.05) is 5.75 Å². The van der Waals surface area contributed by atoms with E-state index in [1.54, 1.807) is 42.5 Å². The zero-order chi connectivity index (χ0) is 34.4. The normalized spacial score (nSPS) is 19.4. The minimum atomic E-state index is -3.65. The molecule has 1 aliphatic heterocycles. The van der Waals surface area contributed by atoms with Crippen LogP contribution < -0.4 is 4.72 Å². The van der Waals surface area contributed by atoms with Crippen molar-refractivity contribution in [3.8, 4) is 11.1 Å². The van der Waals surface area contributed by atoms with Gasteiger partial charge in [0.15, 0.2) is 6.29 Å². The van der Waals surface area contributed by atoms with Crippen LogP contribution in [-0.2, 0) is 32.6 Å². The lowest BCUT2D eigenvalue weighted by Gasteiger charge is -2.41. The molecule has 6 rings (SSSR count). The molecule has 49 heavy (non-hydrogen) atoms. The van der Waals surface area contributed by atoms with Gasteiger partial charge in [-0.1, -0.05) is 97.9 Å². The maximum atomic E-state index is 12.8. The molecule has 0 radical (unpaired) electrons. The molecule has 10 heteroatoms. The lowest BCUT2D eigenvalue weighted by Crippen LogP contribution is -2.38. The van der Waals surface area contributed by atoms with Crippen LogP contribution in [0.5, 0.6) is 0 Å². The van der Waals surface area contributed by atoms with Gasteiger partial charge in [0.05, 0.1) is 29.3 Å². The number of nitrogens with one attached hydrogen (secondary N) is 1. The summed E-state index contributed by atoms with van der Waals surface area (Å²) in [5.74, 6) is -0.532. The Balaban J connectivity index is 1.24. The summed E-state index contributed by atoms with van der Waals surface area (Å²) >= 11 is 1.45. The number of aliphatic hydroxyl groups is 1. The predicted octanol–water partition coefficient (Wildman–Crippen LogP) is 7.61. The van der Waals surface area contributed by atoms with Gasteiger partial charge < -0.3 is 19.7 Å². The number of benzene rings is 5. The Labute approximate surface area is 290 Å². The van der Waals surface area contributed by atoms with Crippen molar-refractivity contribution in [3.05, 3.63) is 155 Å². The number of hydrogen-bond acceptors (Lipinski definition) is 7. The van der Waals surface area contributed by atoms with E-state index in [4.69, 9.17) is 9.47 Å². The van der Waals surface area contributed by atoms with Crippen LogP contribution in [0.3, 0.4) is 0 Å². The molecule has 3 N–H and O–H groups in total. The highest BCUT2D eigenvalue weighted by molar-refractivity contribution is 7.99. The molecule has 252 valence electrons. The second-order valence-corrected chi connectivity index (χ2v) is 14.7. The maximum Gasteiger partial charge on any atom is 0.336 e. The Bertz CT molecular complexity index is 2000. The Hall–Kier alpha value is -4.29. The lowest BCUT2D eigenvalue weighted by molar-refractivity contribution is -0.268. The highest BCUT2D eigenvalue weighted by atomic mass is 32.2. The van der Waals surface area contributed by atoms with Crippen LogP contribution in [0.1, 0.15) is 51.9 Å². The number of aliphatic hydroxyl groups excluding tert-OH is 1.